The van der Waals surface area contributed by atoms with E-state index in [2.05, 4.69) is 20.8 Å². The van der Waals surface area contributed by atoms with Gasteiger partial charge in [-0.2, -0.15) is 0 Å². The Bertz CT molecular complexity index is 594. The van der Waals surface area contributed by atoms with Crippen LogP contribution in [0, 0.1) is 17.8 Å². The molecule has 23 heavy (non-hydrogen) atoms. The third-order valence-corrected chi connectivity index (χ3v) is 7.34. The van der Waals surface area contributed by atoms with Crippen LogP contribution in [0.3, 0.4) is 0 Å². The van der Waals surface area contributed by atoms with Crippen LogP contribution in [0.2, 0.25) is 0 Å². The molecule has 0 radical (unpaired) electrons. The van der Waals surface area contributed by atoms with Gasteiger partial charge in [0.2, 0.25) is 0 Å². The van der Waals surface area contributed by atoms with E-state index in [1.165, 1.54) is 38.5 Å². The van der Waals surface area contributed by atoms with Crippen molar-refractivity contribution in [3.8, 4) is 11.5 Å². The van der Waals surface area contributed by atoms with Crippen LogP contribution in [-0.2, 0) is 10.8 Å². The second-order valence-corrected chi connectivity index (χ2v) is 9.32. The van der Waals surface area contributed by atoms with Crippen LogP contribution >= 0.6 is 0 Å². The Morgan fingerprint density at radius 2 is 1.48 bits per heavy atom. The highest BCUT2D eigenvalue weighted by molar-refractivity contribution is 5.51. The van der Waals surface area contributed by atoms with Gasteiger partial charge in [-0.3, -0.25) is 0 Å². The average molecular weight is 314 g/mol. The van der Waals surface area contributed by atoms with Gasteiger partial charge >= 0.3 is 0 Å². The van der Waals surface area contributed by atoms with Crippen LogP contribution in [0.15, 0.2) is 12.1 Å². The van der Waals surface area contributed by atoms with Gasteiger partial charge in [0.15, 0.2) is 0 Å². The van der Waals surface area contributed by atoms with E-state index in [9.17, 15) is 10.2 Å². The number of hydrogen-bond acceptors (Lipinski definition) is 2. The van der Waals surface area contributed by atoms with Gasteiger partial charge in [-0.25, -0.2) is 0 Å². The van der Waals surface area contributed by atoms with Crippen LogP contribution in [0.4, 0.5) is 0 Å². The summed E-state index contributed by atoms with van der Waals surface area (Å²) in [6.45, 7) is 6.39. The lowest BCUT2D eigenvalue weighted by atomic mass is 9.48. The van der Waals surface area contributed by atoms with Crippen LogP contribution in [-0.4, -0.2) is 10.2 Å². The van der Waals surface area contributed by atoms with Gasteiger partial charge in [0, 0.05) is 11.1 Å². The number of phenols is 2. The molecule has 0 spiro atoms. The highest BCUT2D eigenvalue weighted by Crippen LogP contribution is 2.62. The van der Waals surface area contributed by atoms with Crippen molar-refractivity contribution < 1.29 is 10.2 Å². The molecule has 1 aromatic rings. The molecule has 4 aliphatic rings. The Labute approximate surface area is 139 Å². The minimum absolute atomic E-state index is 0.110. The van der Waals surface area contributed by atoms with Crippen molar-refractivity contribution >= 4 is 0 Å². The lowest BCUT2D eigenvalue weighted by Crippen LogP contribution is -2.48. The maximum Gasteiger partial charge on any atom is 0.119 e. The average Bonchev–Trinajstić information content (AvgIpc) is 2.47. The maximum atomic E-state index is 10.8. The highest BCUT2D eigenvalue weighted by Gasteiger charge is 2.52. The second-order valence-electron chi connectivity index (χ2n) is 9.32. The van der Waals surface area contributed by atoms with Crippen molar-refractivity contribution in [1.82, 2.24) is 0 Å². The van der Waals surface area contributed by atoms with Crippen LogP contribution in [0.1, 0.15) is 76.8 Å². The van der Waals surface area contributed by atoms with Crippen LogP contribution < -0.4 is 0 Å². The highest BCUT2D eigenvalue weighted by atomic mass is 16.3. The molecule has 0 saturated heterocycles. The summed E-state index contributed by atoms with van der Waals surface area (Å²) in [4.78, 5) is 0. The summed E-state index contributed by atoms with van der Waals surface area (Å²) >= 11 is 0. The minimum Gasteiger partial charge on any atom is -0.508 e. The summed E-state index contributed by atoms with van der Waals surface area (Å²) in [5.74, 6) is 3.32. The smallest absolute Gasteiger partial charge is 0.119 e. The van der Waals surface area contributed by atoms with Gasteiger partial charge in [0.25, 0.3) is 0 Å². The predicted octanol–water partition coefficient (Wildman–Crippen LogP) is 5.25. The fourth-order valence-electron chi connectivity index (χ4n) is 6.17. The molecule has 126 valence electrons. The molecule has 0 heterocycles. The minimum atomic E-state index is -0.110. The fourth-order valence-corrected chi connectivity index (χ4v) is 6.17. The van der Waals surface area contributed by atoms with Crippen molar-refractivity contribution in [3.63, 3.8) is 0 Å². The predicted molar refractivity (Wildman–Crippen MR) is 92.9 cm³/mol. The number of rotatable bonds is 3. The zero-order valence-electron chi connectivity index (χ0n) is 14.7. The van der Waals surface area contributed by atoms with Crippen molar-refractivity contribution in [3.05, 3.63) is 23.3 Å². The van der Waals surface area contributed by atoms with Crippen LogP contribution in [0.25, 0.3) is 0 Å². The summed E-state index contributed by atoms with van der Waals surface area (Å²) in [7, 11) is 0. The lowest BCUT2D eigenvalue weighted by molar-refractivity contribution is -0.00624. The molecule has 4 aliphatic carbocycles. The standard InChI is InChI=1S/C21H30O2/c1-4-20(2,3)16-8-19(23)17(9-18(16)22)21-10-13-5-14(11-21)7-15(6-13)12-21/h8-9,13-15,22-23H,4-7,10-12H2,1-3H3. The Balaban J connectivity index is 1.77. The molecule has 0 aliphatic heterocycles. The first-order valence-electron chi connectivity index (χ1n) is 9.40. The Morgan fingerprint density at radius 3 is 1.96 bits per heavy atom. The molecule has 5 rings (SSSR count). The largest absolute Gasteiger partial charge is 0.508 e. The van der Waals surface area contributed by atoms with Crippen molar-refractivity contribution in [1.29, 1.82) is 0 Å². The molecule has 4 fully saturated rings. The molecule has 0 aromatic heterocycles. The van der Waals surface area contributed by atoms with E-state index >= 15 is 0 Å². The van der Waals surface area contributed by atoms with Crippen LogP contribution in [0.5, 0.6) is 11.5 Å². The third kappa shape index (κ3) is 2.28. The monoisotopic (exact) mass is 314 g/mol. The first kappa shape index (κ1) is 15.4. The zero-order valence-corrected chi connectivity index (χ0v) is 14.7. The van der Waals surface area contributed by atoms with Gasteiger partial charge in [-0.1, -0.05) is 20.8 Å². The van der Waals surface area contributed by atoms with Crippen molar-refractivity contribution in [2.24, 2.45) is 17.8 Å². The third-order valence-electron chi connectivity index (χ3n) is 7.34. The van der Waals surface area contributed by atoms with E-state index in [4.69, 9.17) is 0 Å². The number of benzene rings is 1. The summed E-state index contributed by atoms with van der Waals surface area (Å²) < 4.78 is 0. The van der Waals surface area contributed by atoms with E-state index in [0.717, 1.165) is 35.3 Å². The summed E-state index contributed by atoms with van der Waals surface area (Å²) in [5, 5.41) is 21.5. The number of phenolic OH excluding ortho intramolecular Hbond substituents is 2. The molecule has 2 nitrogen and oxygen atoms in total. The summed E-state index contributed by atoms with van der Waals surface area (Å²) in [6, 6.07) is 3.77. The quantitative estimate of drug-likeness (QED) is 0.748. The van der Waals surface area contributed by atoms with Gasteiger partial charge in [0.1, 0.15) is 11.5 Å². The number of aromatic hydroxyl groups is 2. The second kappa shape index (κ2) is 4.91. The maximum absolute atomic E-state index is 10.8. The molecular weight excluding hydrogens is 284 g/mol. The lowest BCUT2D eigenvalue weighted by Gasteiger charge is -2.57. The van der Waals surface area contributed by atoms with E-state index < -0.39 is 0 Å². The Morgan fingerprint density at radius 1 is 0.957 bits per heavy atom. The molecule has 1 aromatic carbocycles. The van der Waals surface area contributed by atoms with E-state index in [1.807, 2.05) is 12.1 Å². The Kier molecular flexibility index (Phi) is 3.28. The molecule has 0 amide bonds. The molecule has 0 unspecified atom stereocenters. The van der Waals surface area contributed by atoms with Gasteiger partial charge in [0.05, 0.1) is 0 Å². The van der Waals surface area contributed by atoms with Gasteiger partial charge in [-0.05, 0) is 85.7 Å². The zero-order chi connectivity index (χ0) is 16.4. The SMILES string of the molecule is CCC(C)(C)c1cc(O)c(C23CC4CC(CC(C4)C2)C3)cc1O. The van der Waals surface area contributed by atoms with Crippen molar-refractivity contribution in [2.75, 3.05) is 0 Å². The first-order valence-corrected chi connectivity index (χ1v) is 9.40. The molecular formula is C21H30O2. The molecule has 2 N–H and O–H groups in total. The number of hydrogen-bond donors (Lipinski definition) is 2. The normalized spacial score (nSPS) is 35.7. The topological polar surface area (TPSA) is 40.5 Å². The first-order chi connectivity index (χ1) is 10.8. The summed E-state index contributed by atoms with van der Waals surface area (Å²) in [5.41, 5.74) is 1.93. The molecule has 4 saturated carbocycles. The van der Waals surface area contributed by atoms with E-state index in [0.29, 0.717) is 11.5 Å². The summed E-state index contributed by atoms with van der Waals surface area (Å²) in [6.07, 6.45) is 8.76. The fraction of sp³-hybridized carbons (Fsp3) is 0.714. The molecule has 0 atom stereocenters. The Hall–Kier alpha value is -1.18. The molecule has 2 heteroatoms. The van der Waals surface area contributed by atoms with Gasteiger partial charge < -0.3 is 10.2 Å². The van der Waals surface area contributed by atoms with Gasteiger partial charge in [-0.15, -0.1) is 0 Å². The van der Waals surface area contributed by atoms with E-state index in [1.54, 1.807) is 0 Å². The van der Waals surface area contributed by atoms with E-state index in [-0.39, 0.29) is 10.8 Å². The van der Waals surface area contributed by atoms with Crippen molar-refractivity contribution in [2.45, 2.75) is 76.5 Å². The molecule has 4 bridgehead atoms.